The number of amides is 1. The first-order valence-corrected chi connectivity index (χ1v) is 8.33. The van der Waals surface area contributed by atoms with E-state index in [-0.39, 0.29) is 24.6 Å². The van der Waals surface area contributed by atoms with Gasteiger partial charge in [-0.2, -0.15) is 0 Å². The maximum atomic E-state index is 12.2. The number of hydrogen-bond acceptors (Lipinski definition) is 4. The van der Waals surface area contributed by atoms with E-state index in [0.717, 1.165) is 5.69 Å². The number of nitrogens with zero attached hydrogens (tertiary/aromatic N) is 3. The molecule has 0 aromatic carbocycles. The smallest absolute Gasteiger partial charge is 0.228 e. The molecule has 1 aromatic heterocycles. The fourth-order valence-corrected chi connectivity index (χ4v) is 3.85. The van der Waals surface area contributed by atoms with Crippen molar-refractivity contribution in [2.45, 2.75) is 19.8 Å². The standard InChI is InChI=1S/C13H19N3O3S/c1-2-16(12-4-7-14-8-5-12)13(17)6-10-15-9-3-11-20(15,18)19/h4-5,7-8H,2-3,6,9-11H2,1H3. The van der Waals surface area contributed by atoms with E-state index in [4.69, 9.17) is 0 Å². The van der Waals surface area contributed by atoms with E-state index in [9.17, 15) is 13.2 Å². The van der Waals surface area contributed by atoms with Crippen molar-refractivity contribution in [3.63, 3.8) is 0 Å². The predicted molar refractivity (Wildman–Crippen MR) is 76.9 cm³/mol. The highest BCUT2D eigenvalue weighted by Gasteiger charge is 2.28. The van der Waals surface area contributed by atoms with Gasteiger partial charge in [-0.05, 0) is 25.5 Å². The Morgan fingerprint density at radius 1 is 1.40 bits per heavy atom. The minimum atomic E-state index is -3.13. The average molecular weight is 297 g/mol. The van der Waals surface area contributed by atoms with Gasteiger partial charge in [-0.25, -0.2) is 12.7 Å². The van der Waals surface area contributed by atoms with Crippen LogP contribution in [0.4, 0.5) is 5.69 Å². The molecule has 110 valence electrons. The molecule has 7 heteroatoms. The summed E-state index contributed by atoms with van der Waals surface area (Å²) in [6.07, 6.45) is 4.13. The highest BCUT2D eigenvalue weighted by Crippen LogP contribution is 2.16. The lowest BCUT2D eigenvalue weighted by Gasteiger charge is -2.22. The number of carbonyl (C=O) groups excluding carboxylic acids is 1. The lowest BCUT2D eigenvalue weighted by molar-refractivity contribution is -0.118. The second-order valence-corrected chi connectivity index (χ2v) is 6.75. The molecule has 0 aliphatic carbocycles. The molecule has 2 rings (SSSR count). The Balaban J connectivity index is 1.97. The van der Waals surface area contributed by atoms with E-state index in [1.807, 2.05) is 6.92 Å². The van der Waals surface area contributed by atoms with E-state index in [1.54, 1.807) is 29.4 Å². The van der Waals surface area contributed by atoms with Crippen LogP contribution in [0, 0.1) is 0 Å². The highest BCUT2D eigenvalue weighted by molar-refractivity contribution is 7.89. The van der Waals surface area contributed by atoms with Crippen LogP contribution in [0.2, 0.25) is 0 Å². The summed E-state index contributed by atoms with van der Waals surface area (Å²) in [6.45, 7) is 3.24. The third kappa shape index (κ3) is 3.34. The van der Waals surface area contributed by atoms with Crippen molar-refractivity contribution in [1.82, 2.24) is 9.29 Å². The van der Waals surface area contributed by atoms with Crippen LogP contribution in [0.25, 0.3) is 0 Å². The monoisotopic (exact) mass is 297 g/mol. The van der Waals surface area contributed by atoms with E-state index >= 15 is 0 Å². The molecule has 1 aliphatic rings. The lowest BCUT2D eigenvalue weighted by Crippen LogP contribution is -2.35. The van der Waals surface area contributed by atoms with Crippen LogP contribution >= 0.6 is 0 Å². The molecule has 6 nitrogen and oxygen atoms in total. The number of pyridine rings is 1. The maximum Gasteiger partial charge on any atom is 0.228 e. The molecule has 0 atom stereocenters. The Kier molecular flexibility index (Phi) is 4.72. The van der Waals surface area contributed by atoms with Crippen molar-refractivity contribution in [1.29, 1.82) is 0 Å². The Bertz CT molecular complexity index is 559. The molecule has 1 aromatic rings. The summed E-state index contributed by atoms with van der Waals surface area (Å²) in [5.74, 6) is 0.129. The second-order valence-electron chi connectivity index (χ2n) is 4.66. The second kappa shape index (κ2) is 6.32. The summed E-state index contributed by atoms with van der Waals surface area (Å²) in [6, 6.07) is 3.54. The third-order valence-corrected chi connectivity index (χ3v) is 5.33. The molecular formula is C13H19N3O3S. The molecule has 20 heavy (non-hydrogen) atoms. The van der Waals surface area contributed by atoms with Crippen molar-refractivity contribution >= 4 is 21.6 Å². The number of carbonyl (C=O) groups is 1. The first kappa shape index (κ1) is 14.9. The Morgan fingerprint density at radius 3 is 2.65 bits per heavy atom. The van der Waals surface area contributed by atoms with Gasteiger partial charge in [-0.15, -0.1) is 0 Å². The first-order valence-electron chi connectivity index (χ1n) is 6.73. The van der Waals surface area contributed by atoms with Gasteiger partial charge in [-0.3, -0.25) is 9.78 Å². The molecule has 0 radical (unpaired) electrons. The summed E-state index contributed by atoms with van der Waals surface area (Å²) < 4.78 is 24.8. The molecule has 0 unspecified atom stereocenters. The van der Waals surface area contributed by atoms with Gasteiger partial charge in [0.1, 0.15) is 0 Å². The molecular weight excluding hydrogens is 278 g/mol. The van der Waals surface area contributed by atoms with Crippen LogP contribution in [0.5, 0.6) is 0 Å². The van der Waals surface area contributed by atoms with Crippen molar-refractivity contribution < 1.29 is 13.2 Å². The zero-order chi connectivity index (χ0) is 14.6. The largest absolute Gasteiger partial charge is 0.313 e. The number of anilines is 1. The zero-order valence-electron chi connectivity index (χ0n) is 11.5. The fourth-order valence-electron chi connectivity index (χ4n) is 2.32. The molecule has 2 heterocycles. The summed E-state index contributed by atoms with van der Waals surface area (Å²) in [5, 5.41) is 0. The maximum absolute atomic E-state index is 12.2. The molecule has 1 aliphatic heterocycles. The van der Waals surface area contributed by atoms with Crippen LogP contribution in [-0.4, -0.2) is 49.0 Å². The Labute approximate surface area is 119 Å². The lowest BCUT2D eigenvalue weighted by atomic mass is 10.3. The number of rotatable bonds is 5. The van der Waals surface area contributed by atoms with Crippen molar-refractivity contribution in [2.75, 3.05) is 30.3 Å². The Morgan fingerprint density at radius 2 is 2.10 bits per heavy atom. The van der Waals surface area contributed by atoms with Crippen molar-refractivity contribution in [3.8, 4) is 0 Å². The van der Waals surface area contributed by atoms with E-state index in [2.05, 4.69) is 4.98 Å². The van der Waals surface area contributed by atoms with Gasteiger partial charge in [0.15, 0.2) is 0 Å². The van der Waals surface area contributed by atoms with Gasteiger partial charge in [0.05, 0.1) is 5.75 Å². The molecule has 1 fully saturated rings. The molecule has 0 saturated carbocycles. The van der Waals surface area contributed by atoms with Crippen LogP contribution < -0.4 is 4.90 Å². The van der Waals surface area contributed by atoms with E-state index < -0.39 is 10.0 Å². The number of aromatic nitrogens is 1. The minimum absolute atomic E-state index is 0.0687. The first-order chi connectivity index (χ1) is 9.54. The van der Waals surface area contributed by atoms with Gasteiger partial charge in [-0.1, -0.05) is 0 Å². The third-order valence-electron chi connectivity index (χ3n) is 3.37. The number of hydrogen-bond donors (Lipinski definition) is 0. The minimum Gasteiger partial charge on any atom is -0.313 e. The predicted octanol–water partition coefficient (Wildman–Crippen LogP) is 0.860. The molecule has 0 spiro atoms. The van der Waals surface area contributed by atoms with E-state index in [0.29, 0.717) is 19.5 Å². The average Bonchev–Trinajstić information content (AvgIpc) is 2.77. The summed E-state index contributed by atoms with van der Waals surface area (Å²) in [4.78, 5) is 17.8. The summed E-state index contributed by atoms with van der Waals surface area (Å²) in [7, 11) is -3.13. The topological polar surface area (TPSA) is 70.6 Å². The normalized spacial score (nSPS) is 18.1. The van der Waals surface area contributed by atoms with Gasteiger partial charge in [0, 0.05) is 44.1 Å². The van der Waals surface area contributed by atoms with Gasteiger partial charge >= 0.3 is 0 Å². The highest BCUT2D eigenvalue weighted by atomic mass is 32.2. The SMILES string of the molecule is CCN(C(=O)CCN1CCCS1(=O)=O)c1ccncc1. The molecule has 0 N–H and O–H groups in total. The van der Waals surface area contributed by atoms with Crippen molar-refractivity contribution in [2.24, 2.45) is 0 Å². The quantitative estimate of drug-likeness (QED) is 0.808. The fraction of sp³-hybridized carbons (Fsp3) is 0.538. The summed E-state index contributed by atoms with van der Waals surface area (Å²) in [5.41, 5.74) is 0.789. The molecule has 1 amide bonds. The van der Waals surface area contributed by atoms with Gasteiger partial charge in [0.25, 0.3) is 0 Å². The van der Waals surface area contributed by atoms with Crippen LogP contribution in [0.1, 0.15) is 19.8 Å². The van der Waals surface area contributed by atoms with Crippen LogP contribution in [0.3, 0.4) is 0 Å². The van der Waals surface area contributed by atoms with Gasteiger partial charge < -0.3 is 4.90 Å². The summed E-state index contributed by atoms with van der Waals surface area (Å²) >= 11 is 0. The molecule has 0 bridgehead atoms. The van der Waals surface area contributed by atoms with Crippen LogP contribution in [-0.2, 0) is 14.8 Å². The number of sulfonamides is 1. The Hall–Kier alpha value is -1.47. The zero-order valence-corrected chi connectivity index (χ0v) is 12.3. The molecule has 1 saturated heterocycles. The van der Waals surface area contributed by atoms with Gasteiger partial charge in [0.2, 0.25) is 15.9 Å². The van der Waals surface area contributed by atoms with Crippen molar-refractivity contribution in [3.05, 3.63) is 24.5 Å². The van der Waals surface area contributed by atoms with Crippen LogP contribution in [0.15, 0.2) is 24.5 Å². The van der Waals surface area contributed by atoms with E-state index in [1.165, 1.54) is 4.31 Å².